The van der Waals surface area contributed by atoms with Gasteiger partial charge in [-0.15, -0.1) is 13.2 Å². The van der Waals surface area contributed by atoms with Crippen LogP contribution in [0, 0.1) is 11.3 Å². The molecule has 0 heterocycles. The monoisotopic (exact) mass is 198 g/mol. The molecule has 0 amide bonds. The number of ether oxygens (including phenoxy) is 1. The molecule has 0 N–H and O–H groups in total. The maximum absolute atomic E-state index is 12.0. The van der Waals surface area contributed by atoms with Crippen molar-refractivity contribution in [2.24, 2.45) is 11.3 Å². The van der Waals surface area contributed by atoms with Gasteiger partial charge in [-0.2, -0.15) is 0 Å². The van der Waals surface area contributed by atoms with Crippen LogP contribution >= 0.6 is 0 Å². The van der Waals surface area contributed by atoms with Gasteiger partial charge in [0.15, 0.2) is 0 Å². The first-order chi connectivity index (χ1) is 5.54. The van der Waals surface area contributed by atoms with Crippen LogP contribution in [0.1, 0.15) is 34.6 Å². The van der Waals surface area contributed by atoms with Crippen molar-refractivity contribution in [1.82, 2.24) is 0 Å². The van der Waals surface area contributed by atoms with Crippen molar-refractivity contribution in [3.63, 3.8) is 0 Å². The average Bonchev–Trinajstić information content (AvgIpc) is 1.77. The molecular weight excluding hydrogens is 181 g/mol. The smallest absolute Gasteiger partial charge is 0.288 e. The molecule has 0 fully saturated rings. The highest BCUT2D eigenvalue weighted by Crippen LogP contribution is 2.33. The Balaban J connectivity index is 4.47. The van der Waals surface area contributed by atoms with Crippen molar-refractivity contribution in [2.75, 3.05) is 0 Å². The molecule has 1 atom stereocenters. The van der Waals surface area contributed by atoms with Crippen molar-refractivity contribution in [3.05, 3.63) is 0 Å². The number of halogens is 3. The lowest BCUT2D eigenvalue weighted by Crippen LogP contribution is -2.38. The average molecular weight is 198 g/mol. The molecule has 13 heavy (non-hydrogen) atoms. The molecule has 0 radical (unpaired) electrons. The van der Waals surface area contributed by atoms with E-state index in [2.05, 4.69) is 4.74 Å². The summed E-state index contributed by atoms with van der Waals surface area (Å²) in [7, 11) is 0. The fourth-order valence-electron chi connectivity index (χ4n) is 1.46. The first-order valence-electron chi connectivity index (χ1n) is 4.28. The van der Waals surface area contributed by atoms with Gasteiger partial charge in [0.05, 0.1) is 6.10 Å². The molecule has 0 saturated heterocycles. The molecule has 0 aromatic carbocycles. The summed E-state index contributed by atoms with van der Waals surface area (Å²) in [6.45, 7) is 8.67. The maximum atomic E-state index is 12.0. The van der Waals surface area contributed by atoms with Crippen molar-refractivity contribution in [3.8, 4) is 0 Å². The SMILES string of the molecule is CC(C)C(OC(F)(F)F)C(C)(C)C. The lowest BCUT2D eigenvalue weighted by molar-refractivity contribution is -0.358. The van der Waals surface area contributed by atoms with Gasteiger partial charge in [0.2, 0.25) is 0 Å². The van der Waals surface area contributed by atoms with Crippen LogP contribution in [0.25, 0.3) is 0 Å². The first-order valence-corrected chi connectivity index (χ1v) is 4.28. The molecule has 0 aliphatic heterocycles. The van der Waals surface area contributed by atoms with Gasteiger partial charge in [-0.25, -0.2) is 0 Å². The van der Waals surface area contributed by atoms with Crippen LogP contribution in [0.15, 0.2) is 0 Å². The van der Waals surface area contributed by atoms with Gasteiger partial charge in [0.1, 0.15) is 0 Å². The molecule has 0 saturated carbocycles. The van der Waals surface area contributed by atoms with E-state index in [0.29, 0.717) is 0 Å². The Labute approximate surface area is 77.3 Å². The Morgan fingerprint density at radius 1 is 1.00 bits per heavy atom. The van der Waals surface area contributed by atoms with Crippen molar-refractivity contribution in [1.29, 1.82) is 0 Å². The van der Waals surface area contributed by atoms with E-state index in [1.807, 2.05) is 0 Å². The molecular formula is C9H17F3O. The minimum absolute atomic E-state index is 0.151. The van der Waals surface area contributed by atoms with Crippen molar-refractivity contribution < 1.29 is 17.9 Å². The summed E-state index contributed by atoms with van der Waals surface area (Å²) in [6.07, 6.45) is -5.34. The third-order valence-corrected chi connectivity index (χ3v) is 1.72. The van der Waals surface area contributed by atoms with Gasteiger partial charge in [-0.3, -0.25) is 4.74 Å². The van der Waals surface area contributed by atoms with E-state index in [1.54, 1.807) is 34.6 Å². The first kappa shape index (κ1) is 12.8. The number of hydrogen-bond acceptors (Lipinski definition) is 1. The Kier molecular flexibility index (Phi) is 3.79. The fourth-order valence-corrected chi connectivity index (χ4v) is 1.46. The molecule has 1 unspecified atom stereocenters. The van der Waals surface area contributed by atoms with Crippen LogP contribution in [0.4, 0.5) is 13.2 Å². The van der Waals surface area contributed by atoms with E-state index in [0.717, 1.165) is 0 Å². The molecule has 0 aromatic heterocycles. The molecule has 0 aliphatic rings. The van der Waals surface area contributed by atoms with Gasteiger partial charge in [-0.1, -0.05) is 34.6 Å². The fraction of sp³-hybridized carbons (Fsp3) is 1.00. The second-order valence-corrected chi connectivity index (χ2v) is 4.59. The second kappa shape index (κ2) is 3.86. The van der Waals surface area contributed by atoms with E-state index in [1.165, 1.54) is 0 Å². The predicted molar refractivity (Wildman–Crippen MR) is 45.2 cm³/mol. The highest BCUT2D eigenvalue weighted by Gasteiger charge is 2.39. The normalized spacial score (nSPS) is 16.4. The van der Waals surface area contributed by atoms with Gasteiger partial charge < -0.3 is 0 Å². The van der Waals surface area contributed by atoms with Gasteiger partial charge in [0, 0.05) is 0 Å². The van der Waals surface area contributed by atoms with E-state index in [-0.39, 0.29) is 5.92 Å². The lowest BCUT2D eigenvalue weighted by Gasteiger charge is -2.34. The summed E-state index contributed by atoms with van der Waals surface area (Å²) in [6, 6.07) is 0. The van der Waals surface area contributed by atoms with Crippen LogP contribution in [0.2, 0.25) is 0 Å². The van der Waals surface area contributed by atoms with E-state index >= 15 is 0 Å². The summed E-state index contributed by atoms with van der Waals surface area (Å²) in [5, 5.41) is 0. The lowest BCUT2D eigenvalue weighted by atomic mass is 9.82. The summed E-state index contributed by atoms with van der Waals surface area (Å²) < 4.78 is 40.0. The van der Waals surface area contributed by atoms with Crippen LogP contribution in [-0.4, -0.2) is 12.5 Å². The summed E-state index contributed by atoms with van der Waals surface area (Å²) in [4.78, 5) is 0. The zero-order valence-electron chi connectivity index (χ0n) is 8.70. The highest BCUT2D eigenvalue weighted by molar-refractivity contribution is 4.77. The number of rotatable bonds is 2. The minimum atomic E-state index is -4.54. The van der Waals surface area contributed by atoms with E-state index < -0.39 is 17.9 Å². The van der Waals surface area contributed by atoms with Crippen molar-refractivity contribution >= 4 is 0 Å². The second-order valence-electron chi connectivity index (χ2n) is 4.59. The van der Waals surface area contributed by atoms with Gasteiger partial charge in [0.25, 0.3) is 0 Å². The van der Waals surface area contributed by atoms with Crippen LogP contribution < -0.4 is 0 Å². The van der Waals surface area contributed by atoms with Crippen LogP contribution in [0.3, 0.4) is 0 Å². The zero-order valence-corrected chi connectivity index (χ0v) is 8.70. The molecule has 0 bridgehead atoms. The van der Waals surface area contributed by atoms with E-state index in [4.69, 9.17) is 0 Å². The third kappa shape index (κ3) is 5.13. The largest absolute Gasteiger partial charge is 0.522 e. The molecule has 4 heteroatoms. The topological polar surface area (TPSA) is 9.23 Å². The summed E-state index contributed by atoms with van der Waals surface area (Å²) in [5.41, 5.74) is -0.496. The highest BCUT2D eigenvalue weighted by atomic mass is 19.4. The number of alkyl halides is 3. The van der Waals surface area contributed by atoms with E-state index in [9.17, 15) is 13.2 Å². The molecule has 80 valence electrons. The Hall–Kier alpha value is -0.250. The predicted octanol–water partition coefficient (Wildman–Crippen LogP) is 3.59. The molecule has 0 rings (SSSR count). The molecule has 0 spiro atoms. The molecule has 0 aliphatic carbocycles. The van der Waals surface area contributed by atoms with Crippen LogP contribution in [0.5, 0.6) is 0 Å². The van der Waals surface area contributed by atoms with Gasteiger partial charge >= 0.3 is 6.36 Å². The Bertz CT molecular complexity index is 155. The molecule has 1 nitrogen and oxygen atoms in total. The van der Waals surface area contributed by atoms with Crippen molar-refractivity contribution in [2.45, 2.75) is 47.1 Å². The standard InChI is InChI=1S/C9H17F3O/c1-6(2)7(8(3,4)5)13-9(10,11)12/h6-7H,1-5H3. The van der Waals surface area contributed by atoms with Crippen LogP contribution in [-0.2, 0) is 4.74 Å². The third-order valence-electron chi connectivity index (χ3n) is 1.72. The number of hydrogen-bond donors (Lipinski definition) is 0. The Morgan fingerprint density at radius 3 is 1.46 bits per heavy atom. The minimum Gasteiger partial charge on any atom is -0.288 e. The maximum Gasteiger partial charge on any atom is 0.522 e. The summed E-state index contributed by atoms with van der Waals surface area (Å²) in [5.74, 6) is -0.151. The zero-order chi connectivity index (χ0) is 10.9. The summed E-state index contributed by atoms with van der Waals surface area (Å²) >= 11 is 0. The quantitative estimate of drug-likeness (QED) is 0.658. The van der Waals surface area contributed by atoms with Gasteiger partial charge in [-0.05, 0) is 11.3 Å². The molecule has 0 aromatic rings. The Morgan fingerprint density at radius 2 is 1.38 bits per heavy atom.